The molecule has 0 spiro atoms. The molecule has 0 aromatic heterocycles. The molecule has 0 saturated carbocycles. The molecule has 1 atom stereocenters. The van der Waals surface area contributed by atoms with Crippen molar-refractivity contribution in [2.75, 3.05) is 5.75 Å². The summed E-state index contributed by atoms with van der Waals surface area (Å²) in [7, 11) is 0. The number of rotatable bonds is 4. The second-order valence-corrected chi connectivity index (χ2v) is 3.42. The molecule has 0 heterocycles. The lowest BCUT2D eigenvalue weighted by Crippen LogP contribution is -2.10. The van der Waals surface area contributed by atoms with E-state index in [1.54, 1.807) is 0 Å². The SMILES string of the molecule is O=CC(O)CSc1ccccc1. The molecule has 1 aromatic carbocycles. The molecule has 1 aromatic rings. The number of aliphatic hydroxyl groups is 1. The molecule has 12 heavy (non-hydrogen) atoms. The minimum atomic E-state index is -0.852. The Morgan fingerprint density at radius 2 is 2.08 bits per heavy atom. The van der Waals surface area contributed by atoms with E-state index in [0.29, 0.717) is 12.0 Å². The van der Waals surface area contributed by atoms with Crippen molar-refractivity contribution < 1.29 is 9.90 Å². The lowest BCUT2D eigenvalue weighted by molar-refractivity contribution is -0.113. The Bertz CT molecular complexity index is 236. The second-order valence-electron chi connectivity index (χ2n) is 2.33. The molecule has 1 rings (SSSR count). The predicted octanol–water partition coefficient (Wildman–Crippen LogP) is 1.34. The number of thioether (sulfide) groups is 1. The van der Waals surface area contributed by atoms with Gasteiger partial charge in [0.2, 0.25) is 0 Å². The van der Waals surface area contributed by atoms with Crippen LogP contribution in [0.15, 0.2) is 35.2 Å². The highest BCUT2D eigenvalue weighted by molar-refractivity contribution is 7.99. The van der Waals surface area contributed by atoms with Gasteiger partial charge in [-0.1, -0.05) is 18.2 Å². The van der Waals surface area contributed by atoms with Gasteiger partial charge in [-0.05, 0) is 12.1 Å². The van der Waals surface area contributed by atoms with Gasteiger partial charge in [0.25, 0.3) is 0 Å². The first-order valence-corrected chi connectivity index (χ1v) is 4.62. The molecular formula is C9H10O2S. The molecule has 0 amide bonds. The van der Waals surface area contributed by atoms with E-state index < -0.39 is 6.10 Å². The molecule has 0 radical (unpaired) electrons. The summed E-state index contributed by atoms with van der Waals surface area (Å²) in [4.78, 5) is 11.1. The summed E-state index contributed by atoms with van der Waals surface area (Å²) in [5, 5.41) is 8.93. The van der Waals surface area contributed by atoms with E-state index in [1.807, 2.05) is 30.3 Å². The number of hydrogen-bond acceptors (Lipinski definition) is 3. The maximum absolute atomic E-state index is 10.1. The van der Waals surface area contributed by atoms with Gasteiger partial charge in [0.1, 0.15) is 12.4 Å². The predicted molar refractivity (Wildman–Crippen MR) is 49.2 cm³/mol. The van der Waals surface area contributed by atoms with Gasteiger partial charge < -0.3 is 9.90 Å². The third-order valence-electron chi connectivity index (χ3n) is 1.32. The van der Waals surface area contributed by atoms with Crippen molar-refractivity contribution in [3.8, 4) is 0 Å². The van der Waals surface area contributed by atoms with Crippen molar-refractivity contribution in [3.63, 3.8) is 0 Å². The van der Waals surface area contributed by atoms with Gasteiger partial charge in [-0.25, -0.2) is 0 Å². The molecule has 0 aliphatic heterocycles. The summed E-state index contributed by atoms with van der Waals surface area (Å²) in [6.45, 7) is 0. The number of carbonyl (C=O) groups excluding carboxylic acids is 1. The van der Waals surface area contributed by atoms with E-state index in [9.17, 15) is 4.79 Å². The average molecular weight is 182 g/mol. The van der Waals surface area contributed by atoms with Crippen molar-refractivity contribution >= 4 is 18.0 Å². The summed E-state index contributed by atoms with van der Waals surface area (Å²) in [6.07, 6.45) is -0.300. The first-order chi connectivity index (χ1) is 5.83. The minimum absolute atomic E-state index is 0.424. The van der Waals surface area contributed by atoms with Crippen molar-refractivity contribution in [3.05, 3.63) is 30.3 Å². The van der Waals surface area contributed by atoms with Gasteiger partial charge in [-0.2, -0.15) is 0 Å². The fourth-order valence-electron chi connectivity index (χ4n) is 0.738. The van der Waals surface area contributed by atoms with E-state index in [2.05, 4.69) is 0 Å². The Labute approximate surface area is 75.6 Å². The van der Waals surface area contributed by atoms with E-state index >= 15 is 0 Å². The zero-order chi connectivity index (χ0) is 8.81. The van der Waals surface area contributed by atoms with Gasteiger partial charge in [-0.15, -0.1) is 11.8 Å². The third kappa shape index (κ3) is 3.07. The largest absolute Gasteiger partial charge is 0.385 e. The first-order valence-electron chi connectivity index (χ1n) is 3.64. The second kappa shape index (κ2) is 4.95. The van der Waals surface area contributed by atoms with Gasteiger partial charge in [-0.3, -0.25) is 0 Å². The normalized spacial score (nSPS) is 12.4. The van der Waals surface area contributed by atoms with Crippen LogP contribution < -0.4 is 0 Å². The monoisotopic (exact) mass is 182 g/mol. The molecule has 0 aliphatic rings. The number of benzene rings is 1. The highest BCUT2D eigenvalue weighted by Crippen LogP contribution is 2.17. The molecule has 0 bridgehead atoms. The van der Waals surface area contributed by atoms with E-state index in [1.165, 1.54) is 11.8 Å². The molecule has 1 unspecified atom stereocenters. The van der Waals surface area contributed by atoms with Crippen molar-refractivity contribution in [2.24, 2.45) is 0 Å². The molecule has 64 valence electrons. The van der Waals surface area contributed by atoms with Crippen molar-refractivity contribution in [1.29, 1.82) is 0 Å². The Kier molecular flexibility index (Phi) is 3.84. The number of hydrogen-bond donors (Lipinski definition) is 1. The van der Waals surface area contributed by atoms with Crippen molar-refractivity contribution in [1.82, 2.24) is 0 Å². The van der Waals surface area contributed by atoms with Crippen LogP contribution in [-0.4, -0.2) is 23.2 Å². The Morgan fingerprint density at radius 1 is 1.42 bits per heavy atom. The summed E-state index contributed by atoms with van der Waals surface area (Å²) in [5.74, 6) is 0.424. The number of carbonyl (C=O) groups is 1. The summed E-state index contributed by atoms with van der Waals surface area (Å²) < 4.78 is 0. The fourth-order valence-corrected chi connectivity index (χ4v) is 1.53. The maximum atomic E-state index is 10.1. The highest BCUT2D eigenvalue weighted by Gasteiger charge is 2.01. The van der Waals surface area contributed by atoms with Crippen LogP contribution in [0, 0.1) is 0 Å². The Balaban J connectivity index is 2.38. The Hall–Kier alpha value is -0.800. The van der Waals surface area contributed by atoms with Crippen LogP contribution in [0.3, 0.4) is 0 Å². The van der Waals surface area contributed by atoms with Gasteiger partial charge in [0.05, 0.1) is 0 Å². The summed E-state index contributed by atoms with van der Waals surface area (Å²) in [6, 6.07) is 9.68. The fraction of sp³-hybridized carbons (Fsp3) is 0.222. The zero-order valence-electron chi connectivity index (χ0n) is 6.51. The van der Waals surface area contributed by atoms with Crippen LogP contribution in [0.5, 0.6) is 0 Å². The van der Waals surface area contributed by atoms with Crippen LogP contribution >= 0.6 is 11.8 Å². The molecule has 3 heteroatoms. The lowest BCUT2D eigenvalue weighted by atomic mass is 10.4. The summed E-state index contributed by atoms with van der Waals surface area (Å²) in [5.41, 5.74) is 0. The van der Waals surface area contributed by atoms with E-state index in [-0.39, 0.29) is 0 Å². The highest BCUT2D eigenvalue weighted by atomic mass is 32.2. The lowest BCUT2D eigenvalue weighted by Gasteiger charge is -2.01. The van der Waals surface area contributed by atoms with Crippen molar-refractivity contribution in [2.45, 2.75) is 11.0 Å². The number of aliphatic hydroxyl groups excluding tert-OH is 1. The molecule has 0 fully saturated rings. The third-order valence-corrected chi connectivity index (χ3v) is 2.43. The van der Waals surface area contributed by atoms with Gasteiger partial charge in [0, 0.05) is 10.6 Å². The average Bonchev–Trinajstić information content (AvgIpc) is 2.16. The minimum Gasteiger partial charge on any atom is -0.385 e. The van der Waals surface area contributed by atoms with Crippen LogP contribution in [0.4, 0.5) is 0 Å². The topological polar surface area (TPSA) is 37.3 Å². The standard InChI is InChI=1S/C9H10O2S/c10-6-8(11)7-12-9-4-2-1-3-5-9/h1-6,8,11H,7H2. The van der Waals surface area contributed by atoms with Crippen LogP contribution in [0.1, 0.15) is 0 Å². The molecule has 2 nitrogen and oxygen atoms in total. The molecule has 0 saturated heterocycles. The summed E-state index contributed by atoms with van der Waals surface area (Å²) >= 11 is 1.47. The molecule has 0 aliphatic carbocycles. The van der Waals surface area contributed by atoms with Gasteiger partial charge in [0.15, 0.2) is 0 Å². The maximum Gasteiger partial charge on any atom is 0.149 e. The van der Waals surface area contributed by atoms with Gasteiger partial charge >= 0.3 is 0 Å². The van der Waals surface area contributed by atoms with Crippen LogP contribution in [-0.2, 0) is 4.79 Å². The Morgan fingerprint density at radius 3 is 2.67 bits per heavy atom. The quantitative estimate of drug-likeness (QED) is 0.564. The van der Waals surface area contributed by atoms with Crippen LogP contribution in [0.2, 0.25) is 0 Å². The molecule has 1 N–H and O–H groups in total. The smallest absolute Gasteiger partial charge is 0.149 e. The zero-order valence-corrected chi connectivity index (χ0v) is 7.33. The first kappa shape index (κ1) is 9.29. The van der Waals surface area contributed by atoms with E-state index in [0.717, 1.165) is 4.90 Å². The van der Waals surface area contributed by atoms with E-state index in [4.69, 9.17) is 5.11 Å². The van der Waals surface area contributed by atoms with Crippen LogP contribution in [0.25, 0.3) is 0 Å². The number of aldehydes is 1. The molecular weight excluding hydrogens is 172 g/mol.